The summed E-state index contributed by atoms with van der Waals surface area (Å²) in [4.78, 5) is 12.0. The molecule has 82 valence electrons. The maximum atomic E-state index is 13.7. The van der Waals surface area contributed by atoms with Gasteiger partial charge in [-0.1, -0.05) is 12.1 Å². The summed E-state index contributed by atoms with van der Waals surface area (Å²) in [6.45, 7) is 1.63. The molecule has 1 aromatic heterocycles. The molecule has 0 N–H and O–H groups in total. The molecule has 16 heavy (non-hydrogen) atoms. The van der Waals surface area contributed by atoms with Gasteiger partial charge in [0, 0.05) is 13.2 Å². The summed E-state index contributed by atoms with van der Waals surface area (Å²) in [6.07, 6.45) is 1.51. The Kier molecular flexibility index (Phi) is 2.56. The van der Waals surface area contributed by atoms with Crippen LogP contribution in [0.4, 0.5) is 4.39 Å². The molecule has 3 nitrogen and oxygen atoms in total. The summed E-state index contributed by atoms with van der Waals surface area (Å²) in [6, 6.07) is 6.36. The normalized spacial score (nSPS) is 10.4. The van der Waals surface area contributed by atoms with Crippen LogP contribution in [0.1, 0.15) is 21.6 Å². The van der Waals surface area contributed by atoms with E-state index in [0.29, 0.717) is 11.3 Å². The van der Waals surface area contributed by atoms with Crippen molar-refractivity contribution in [1.29, 1.82) is 0 Å². The van der Waals surface area contributed by atoms with Crippen LogP contribution in [0.25, 0.3) is 0 Å². The van der Waals surface area contributed by atoms with E-state index in [2.05, 4.69) is 5.10 Å². The lowest BCUT2D eigenvalue weighted by atomic mass is 10.0. The van der Waals surface area contributed by atoms with Crippen LogP contribution in [0.15, 0.2) is 30.5 Å². The predicted molar refractivity (Wildman–Crippen MR) is 57.8 cm³/mol. The number of halogens is 1. The molecule has 0 saturated carbocycles. The van der Waals surface area contributed by atoms with Crippen LogP contribution in [0, 0.1) is 12.7 Å². The molecule has 0 aliphatic heterocycles. The average Bonchev–Trinajstić information content (AvgIpc) is 2.68. The Balaban J connectivity index is 2.50. The van der Waals surface area contributed by atoms with E-state index in [4.69, 9.17) is 0 Å². The first-order chi connectivity index (χ1) is 7.61. The van der Waals surface area contributed by atoms with Crippen LogP contribution >= 0.6 is 0 Å². The lowest BCUT2D eigenvalue weighted by molar-refractivity contribution is 0.102. The number of hydrogen-bond donors (Lipinski definition) is 0. The Morgan fingerprint density at radius 1 is 1.38 bits per heavy atom. The molecule has 4 heteroatoms. The lowest BCUT2D eigenvalue weighted by Gasteiger charge is -2.04. The third-order valence-corrected chi connectivity index (χ3v) is 2.49. The quantitative estimate of drug-likeness (QED) is 0.723. The van der Waals surface area contributed by atoms with E-state index in [9.17, 15) is 9.18 Å². The molecule has 0 bridgehead atoms. The summed E-state index contributed by atoms with van der Waals surface area (Å²) in [5, 5.41) is 3.89. The zero-order chi connectivity index (χ0) is 11.7. The van der Waals surface area contributed by atoms with Crippen LogP contribution in [0.3, 0.4) is 0 Å². The Hall–Kier alpha value is -1.97. The van der Waals surface area contributed by atoms with Gasteiger partial charge in [-0.3, -0.25) is 9.48 Å². The Bertz CT molecular complexity index is 546. The highest BCUT2D eigenvalue weighted by molar-refractivity contribution is 6.08. The van der Waals surface area contributed by atoms with Crippen molar-refractivity contribution in [2.24, 2.45) is 7.05 Å². The molecule has 0 spiro atoms. The molecule has 2 rings (SSSR count). The number of carbonyl (C=O) groups excluding carboxylic acids is 1. The van der Waals surface area contributed by atoms with E-state index in [1.165, 1.54) is 16.9 Å². The first kappa shape index (κ1) is 10.5. The summed E-state index contributed by atoms with van der Waals surface area (Å²) in [5.74, 6) is -0.810. The van der Waals surface area contributed by atoms with Gasteiger partial charge in [-0.2, -0.15) is 5.10 Å². The molecule has 0 saturated heterocycles. The molecule has 1 aromatic carbocycles. The van der Waals surface area contributed by atoms with Gasteiger partial charge in [-0.25, -0.2) is 4.39 Å². The van der Waals surface area contributed by atoms with Crippen molar-refractivity contribution in [3.8, 4) is 0 Å². The van der Waals surface area contributed by atoms with Crippen LogP contribution in [-0.4, -0.2) is 15.6 Å². The van der Waals surface area contributed by atoms with Crippen molar-refractivity contribution >= 4 is 5.78 Å². The summed E-state index contributed by atoms with van der Waals surface area (Å²) in [7, 11) is 1.65. The van der Waals surface area contributed by atoms with Crippen molar-refractivity contribution in [2.45, 2.75) is 6.92 Å². The summed E-state index contributed by atoms with van der Waals surface area (Å²) in [5.41, 5.74) is 0.932. The fourth-order valence-electron chi connectivity index (χ4n) is 1.56. The van der Waals surface area contributed by atoms with Crippen LogP contribution < -0.4 is 0 Å². The molecule has 0 aliphatic rings. The van der Waals surface area contributed by atoms with Crippen molar-refractivity contribution in [3.05, 3.63) is 53.1 Å². The number of nitrogens with zero attached hydrogens (tertiary/aromatic N) is 2. The van der Waals surface area contributed by atoms with Crippen molar-refractivity contribution in [3.63, 3.8) is 0 Å². The molecule has 0 amide bonds. The van der Waals surface area contributed by atoms with Gasteiger partial charge in [0.1, 0.15) is 11.5 Å². The van der Waals surface area contributed by atoms with E-state index < -0.39 is 5.82 Å². The van der Waals surface area contributed by atoms with Crippen LogP contribution in [0.2, 0.25) is 0 Å². The number of carbonyl (C=O) groups is 1. The molecule has 0 radical (unpaired) electrons. The molecular weight excluding hydrogens is 207 g/mol. The second kappa shape index (κ2) is 3.89. The molecular formula is C12H11FN2O. The zero-order valence-corrected chi connectivity index (χ0v) is 9.07. The molecule has 0 atom stereocenters. The molecule has 0 unspecified atom stereocenters. The number of ketones is 1. The van der Waals surface area contributed by atoms with E-state index in [0.717, 1.165) is 0 Å². The van der Waals surface area contributed by atoms with Gasteiger partial charge in [0.05, 0.1) is 5.56 Å². The molecule has 0 fully saturated rings. The van der Waals surface area contributed by atoms with Crippen LogP contribution in [0.5, 0.6) is 0 Å². The Morgan fingerprint density at radius 2 is 2.12 bits per heavy atom. The predicted octanol–water partition coefficient (Wildman–Crippen LogP) is 2.10. The highest BCUT2D eigenvalue weighted by atomic mass is 19.1. The first-order valence-corrected chi connectivity index (χ1v) is 4.89. The Labute approximate surface area is 92.5 Å². The number of hydrogen-bond acceptors (Lipinski definition) is 2. The van der Waals surface area contributed by atoms with Crippen molar-refractivity contribution in [1.82, 2.24) is 9.78 Å². The molecule has 2 aromatic rings. The highest BCUT2D eigenvalue weighted by Gasteiger charge is 2.17. The third-order valence-electron chi connectivity index (χ3n) is 2.49. The zero-order valence-electron chi connectivity index (χ0n) is 9.07. The second-order valence-corrected chi connectivity index (χ2v) is 3.61. The smallest absolute Gasteiger partial charge is 0.213 e. The standard InChI is InChI=1S/C12H11FN2O/c1-8-4-3-5-9(11(8)13)12(16)10-6-7-14-15(10)2/h3-7H,1-2H3. The summed E-state index contributed by atoms with van der Waals surface area (Å²) >= 11 is 0. The van der Waals surface area contributed by atoms with Crippen molar-refractivity contribution < 1.29 is 9.18 Å². The number of aryl methyl sites for hydroxylation is 2. The van der Waals surface area contributed by atoms with Gasteiger partial charge < -0.3 is 0 Å². The lowest BCUT2D eigenvalue weighted by Crippen LogP contribution is -2.10. The molecule has 0 aliphatic carbocycles. The fourth-order valence-corrected chi connectivity index (χ4v) is 1.56. The Morgan fingerprint density at radius 3 is 2.75 bits per heavy atom. The minimum absolute atomic E-state index is 0.0867. The number of rotatable bonds is 2. The minimum atomic E-state index is -0.464. The van der Waals surface area contributed by atoms with Crippen LogP contribution in [-0.2, 0) is 7.05 Å². The summed E-state index contributed by atoms with van der Waals surface area (Å²) < 4.78 is 15.2. The van der Waals surface area contributed by atoms with Gasteiger partial charge >= 0.3 is 0 Å². The monoisotopic (exact) mass is 218 g/mol. The topological polar surface area (TPSA) is 34.9 Å². The highest BCUT2D eigenvalue weighted by Crippen LogP contribution is 2.15. The van der Waals surface area contributed by atoms with Gasteiger partial charge in [0.15, 0.2) is 0 Å². The number of benzene rings is 1. The van der Waals surface area contributed by atoms with Crippen molar-refractivity contribution in [2.75, 3.05) is 0 Å². The average molecular weight is 218 g/mol. The maximum absolute atomic E-state index is 13.7. The van der Waals surface area contributed by atoms with Gasteiger partial charge in [0.25, 0.3) is 0 Å². The fraction of sp³-hybridized carbons (Fsp3) is 0.167. The third kappa shape index (κ3) is 1.62. The van der Waals surface area contributed by atoms with E-state index in [1.54, 1.807) is 32.2 Å². The maximum Gasteiger partial charge on any atom is 0.213 e. The second-order valence-electron chi connectivity index (χ2n) is 3.61. The van der Waals surface area contributed by atoms with Gasteiger partial charge in [0.2, 0.25) is 5.78 Å². The largest absolute Gasteiger partial charge is 0.287 e. The molecule has 1 heterocycles. The van der Waals surface area contributed by atoms with Gasteiger partial charge in [-0.15, -0.1) is 0 Å². The van der Waals surface area contributed by atoms with E-state index in [-0.39, 0.29) is 11.3 Å². The minimum Gasteiger partial charge on any atom is -0.287 e. The van der Waals surface area contributed by atoms with E-state index >= 15 is 0 Å². The number of aromatic nitrogens is 2. The van der Waals surface area contributed by atoms with E-state index in [1.807, 2.05) is 0 Å². The SMILES string of the molecule is Cc1cccc(C(=O)c2ccnn2C)c1F. The first-order valence-electron chi connectivity index (χ1n) is 4.89. The van der Waals surface area contributed by atoms with Gasteiger partial charge in [-0.05, 0) is 24.6 Å².